The average Bonchev–Trinajstić information content (AvgIpc) is 2.41. The first-order valence-electron chi connectivity index (χ1n) is 6.55. The van der Waals surface area contributed by atoms with Crippen LogP contribution < -0.4 is 5.32 Å². The summed E-state index contributed by atoms with van der Waals surface area (Å²) in [6.07, 6.45) is 0. The summed E-state index contributed by atoms with van der Waals surface area (Å²) in [4.78, 5) is 10.5. The molecule has 0 saturated carbocycles. The molecule has 0 fully saturated rings. The molecule has 1 unspecified atom stereocenters. The molecule has 104 valence electrons. The normalized spacial score (nSPS) is 11.9. The zero-order valence-electron chi connectivity index (χ0n) is 11.9. The van der Waals surface area contributed by atoms with Gasteiger partial charge in [-0.15, -0.1) is 0 Å². The van der Waals surface area contributed by atoms with Gasteiger partial charge in [0, 0.05) is 23.9 Å². The first kappa shape index (κ1) is 14.1. The van der Waals surface area contributed by atoms with E-state index in [1.54, 1.807) is 12.1 Å². The van der Waals surface area contributed by atoms with Gasteiger partial charge < -0.3 is 5.32 Å². The van der Waals surface area contributed by atoms with Crippen molar-refractivity contribution >= 4 is 11.4 Å². The second kappa shape index (κ2) is 5.74. The van der Waals surface area contributed by atoms with Gasteiger partial charge in [0.25, 0.3) is 5.69 Å². The highest BCUT2D eigenvalue weighted by Crippen LogP contribution is 2.26. The van der Waals surface area contributed by atoms with Gasteiger partial charge in [-0.2, -0.15) is 0 Å². The Labute approximate surface area is 118 Å². The van der Waals surface area contributed by atoms with Gasteiger partial charge in [-0.05, 0) is 31.9 Å². The SMILES string of the molecule is Cc1ccc(C(C)Nc2cc([N+](=O)[O-])ccc2C)cc1. The lowest BCUT2D eigenvalue weighted by molar-refractivity contribution is -0.384. The summed E-state index contributed by atoms with van der Waals surface area (Å²) in [5, 5.41) is 14.2. The summed E-state index contributed by atoms with van der Waals surface area (Å²) in [6.45, 7) is 6.03. The summed E-state index contributed by atoms with van der Waals surface area (Å²) < 4.78 is 0. The topological polar surface area (TPSA) is 55.2 Å². The smallest absolute Gasteiger partial charge is 0.271 e. The molecule has 0 amide bonds. The minimum atomic E-state index is -0.374. The molecule has 1 N–H and O–H groups in total. The Morgan fingerprint density at radius 1 is 1.10 bits per heavy atom. The standard InChI is InChI=1S/C16H18N2O2/c1-11-4-7-14(8-5-11)13(3)17-16-10-15(18(19)20)9-6-12(16)2/h4-10,13,17H,1-3H3. The molecule has 1 atom stereocenters. The molecular formula is C16H18N2O2. The highest BCUT2D eigenvalue weighted by molar-refractivity contribution is 5.57. The van der Waals surface area contributed by atoms with Crippen molar-refractivity contribution in [3.05, 3.63) is 69.3 Å². The van der Waals surface area contributed by atoms with Crippen molar-refractivity contribution in [3.8, 4) is 0 Å². The first-order chi connectivity index (χ1) is 9.47. The fraction of sp³-hybridized carbons (Fsp3) is 0.250. The number of rotatable bonds is 4. The van der Waals surface area contributed by atoms with E-state index in [2.05, 4.69) is 29.6 Å². The highest BCUT2D eigenvalue weighted by Gasteiger charge is 2.11. The average molecular weight is 270 g/mol. The van der Waals surface area contributed by atoms with Crippen molar-refractivity contribution < 1.29 is 4.92 Å². The lowest BCUT2D eigenvalue weighted by Gasteiger charge is -2.17. The summed E-state index contributed by atoms with van der Waals surface area (Å²) >= 11 is 0. The minimum Gasteiger partial charge on any atom is -0.378 e. The van der Waals surface area contributed by atoms with Gasteiger partial charge in [0.2, 0.25) is 0 Å². The van der Waals surface area contributed by atoms with Crippen LogP contribution in [0.15, 0.2) is 42.5 Å². The Morgan fingerprint density at radius 2 is 1.75 bits per heavy atom. The molecule has 2 aromatic carbocycles. The number of non-ortho nitro benzene ring substituents is 1. The summed E-state index contributed by atoms with van der Waals surface area (Å²) in [7, 11) is 0. The van der Waals surface area contributed by atoms with Gasteiger partial charge in [0.15, 0.2) is 0 Å². The predicted octanol–water partition coefficient (Wildman–Crippen LogP) is 4.38. The number of benzene rings is 2. The van der Waals surface area contributed by atoms with Crippen molar-refractivity contribution in [1.29, 1.82) is 0 Å². The Balaban J connectivity index is 2.22. The number of nitrogens with zero attached hydrogens (tertiary/aromatic N) is 1. The maximum absolute atomic E-state index is 10.8. The zero-order chi connectivity index (χ0) is 14.7. The van der Waals surface area contributed by atoms with Gasteiger partial charge in [-0.3, -0.25) is 10.1 Å². The molecule has 0 bridgehead atoms. The second-order valence-corrected chi connectivity index (χ2v) is 5.03. The largest absolute Gasteiger partial charge is 0.378 e. The molecule has 0 heterocycles. The molecule has 0 spiro atoms. The van der Waals surface area contributed by atoms with Crippen LogP contribution >= 0.6 is 0 Å². The van der Waals surface area contributed by atoms with Gasteiger partial charge in [-0.25, -0.2) is 0 Å². The zero-order valence-corrected chi connectivity index (χ0v) is 11.9. The van der Waals surface area contributed by atoms with E-state index < -0.39 is 0 Å². The van der Waals surface area contributed by atoms with Crippen molar-refractivity contribution in [2.75, 3.05) is 5.32 Å². The number of nitro benzene ring substituents is 1. The van der Waals surface area contributed by atoms with Gasteiger partial charge in [-0.1, -0.05) is 35.9 Å². The highest BCUT2D eigenvalue weighted by atomic mass is 16.6. The molecule has 2 rings (SSSR count). The molecule has 0 aliphatic rings. The van der Waals surface area contributed by atoms with Crippen LogP contribution in [0.2, 0.25) is 0 Å². The van der Waals surface area contributed by atoms with E-state index in [-0.39, 0.29) is 16.7 Å². The number of aryl methyl sites for hydroxylation is 2. The van der Waals surface area contributed by atoms with Crippen LogP contribution in [0.1, 0.15) is 29.7 Å². The van der Waals surface area contributed by atoms with Crippen molar-refractivity contribution in [1.82, 2.24) is 0 Å². The van der Waals surface area contributed by atoms with Crippen LogP contribution in [0.25, 0.3) is 0 Å². The van der Waals surface area contributed by atoms with E-state index in [0.29, 0.717) is 0 Å². The molecule has 0 saturated heterocycles. The molecule has 20 heavy (non-hydrogen) atoms. The fourth-order valence-corrected chi connectivity index (χ4v) is 2.05. The first-order valence-corrected chi connectivity index (χ1v) is 6.55. The number of nitrogens with one attached hydrogen (secondary N) is 1. The Bertz CT molecular complexity index is 621. The van der Waals surface area contributed by atoms with E-state index in [0.717, 1.165) is 16.8 Å². The molecule has 4 heteroatoms. The summed E-state index contributed by atoms with van der Waals surface area (Å²) in [5.41, 5.74) is 4.27. The lowest BCUT2D eigenvalue weighted by Crippen LogP contribution is -2.08. The third-order valence-electron chi connectivity index (χ3n) is 3.38. The minimum absolute atomic E-state index is 0.0938. The number of anilines is 1. The van der Waals surface area contributed by atoms with Crippen molar-refractivity contribution in [3.63, 3.8) is 0 Å². The summed E-state index contributed by atoms with van der Waals surface area (Å²) in [5.74, 6) is 0. The third-order valence-corrected chi connectivity index (χ3v) is 3.38. The monoisotopic (exact) mass is 270 g/mol. The Hall–Kier alpha value is -2.36. The van der Waals surface area contributed by atoms with Gasteiger partial charge in [0.05, 0.1) is 4.92 Å². The molecule has 0 aromatic heterocycles. The number of nitro groups is 1. The predicted molar refractivity (Wildman–Crippen MR) is 81.1 cm³/mol. The van der Waals surface area contributed by atoms with Crippen molar-refractivity contribution in [2.24, 2.45) is 0 Å². The molecule has 2 aromatic rings. The van der Waals surface area contributed by atoms with Crippen LogP contribution in [-0.2, 0) is 0 Å². The van der Waals surface area contributed by atoms with Crippen molar-refractivity contribution in [2.45, 2.75) is 26.8 Å². The van der Waals surface area contributed by atoms with E-state index in [1.165, 1.54) is 11.6 Å². The van der Waals surface area contributed by atoms with Crippen LogP contribution in [0.5, 0.6) is 0 Å². The van der Waals surface area contributed by atoms with E-state index in [9.17, 15) is 10.1 Å². The lowest BCUT2D eigenvalue weighted by atomic mass is 10.1. The van der Waals surface area contributed by atoms with E-state index >= 15 is 0 Å². The number of hydrogen-bond acceptors (Lipinski definition) is 3. The fourth-order valence-electron chi connectivity index (χ4n) is 2.05. The molecule has 0 aliphatic carbocycles. The third kappa shape index (κ3) is 3.15. The number of hydrogen-bond donors (Lipinski definition) is 1. The van der Waals surface area contributed by atoms with E-state index in [4.69, 9.17) is 0 Å². The van der Waals surface area contributed by atoms with Gasteiger partial charge >= 0.3 is 0 Å². The van der Waals surface area contributed by atoms with Crippen LogP contribution in [-0.4, -0.2) is 4.92 Å². The van der Waals surface area contributed by atoms with E-state index in [1.807, 2.05) is 20.8 Å². The maximum atomic E-state index is 10.8. The quantitative estimate of drug-likeness (QED) is 0.662. The maximum Gasteiger partial charge on any atom is 0.271 e. The van der Waals surface area contributed by atoms with Crippen LogP contribution in [0.3, 0.4) is 0 Å². The Morgan fingerprint density at radius 3 is 2.35 bits per heavy atom. The van der Waals surface area contributed by atoms with Crippen LogP contribution in [0, 0.1) is 24.0 Å². The van der Waals surface area contributed by atoms with Crippen LogP contribution in [0.4, 0.5) is 11.4 Å². The Kier molecular flexibility index (Phi) is 4.03. The molecule has 0 radical (unpaired) electrons. The second-order valence-electron chi connectivity index (χ2n) is 5.03. The summed E-state index contributed by atoms with van der Waals surface area (Å²) in [6, 6.07) is 13.2. The van der Waals surface area contributed by atoms with Gasteiger partial charge in [0.1, 0.15) is 0 Å². The molecule has 4 nitrogen and oxygen atoms in total. The molecular weight excluding hydrogens is 252 g/mol. The molecule has 0 aliphatic heterocycles.